The maximum absolute atomic E-state index is 12.6. The molecule has 6 heteroatoms. The summed E-state index contributed by atoms with van der Waals surface area (Å²) in [5, 5.41) is 3.14. The average molecular weight is 369 g/mol. The van der Waals surface area contributed by atoms with Gasteiger partial charge in [-0.05, 0) is 56.7 Å². The molecule has 1 aromatic rings. The topological polar surface area (TPSA) is 73.6 Å². The molecule has 0 heterocycles. The lowest BCUT2D eigenvalue weighted by Crippen LogP contribution is -2.51. The summed E-state index contributed by atoms with van der Waals surface area (Å²) >= 11 is 0. The smallest absolute Gasteiger partial charge is 0.251 e. The molecule has 0 aromatic heterocycles. The number of nitrogens with two attached hydrogens (primary N) is 1. The van der Waals surface area contributed by atoms with Gasteiger partial charge in [-0.2, -0.15) is 0 Å². The van der Waals surface area contributed by atoms with Crippen molar-refractivity contribution < 1.29 is 14.3 Å². The number of carbonyl (C=O) groups excluding carboxylic acids is 1. The molecule has 0 atom stereocenters. The second kappa shape index (κ2) is 8.77. The maximum Gasteiger partial charge on any atom is 0.251 e. The summed E-state index contributed by atoms with van der Waals surface area (Å²) in [7, 11) is 1.61. The van der Waals surface area contributed by atoms with Gasteiger partial charge in [-0.1, -0.05) is 12.8 Å². The van der Waals surface area contributed by atoms with Gasteiger partial charge >= 0.3 is 0 Å². The van der Waals surface area contributed by atoms with Crippen molar-refractivity contribution in [3.8, 4) is 11.5 Å². The zero-order valence-corrected chi connectivity index (χ0v) is 15.7. The van der Waals surface area contributed by atoms with Crippen molar-refractivity contribution in [2.45, 2.75) is 63.0 Å². The largest absolute Gasteiger partial charge is 0.493 e. The van der Waals surface area contributed by atoms with Crippen LogP contribution in [0.4, 0.5) is 0 Å². The molecular weight excluding hydrogens is 340 g/mol. The van der Waals surface area contributed by atoms with Crippen molar-refractivity contribution in [3.63, 3.8) is 0 Å². The molecule has 3 rings (SSSR count). The van der Waals surface area contributed by atoms with Crippen molar-refractivity contribution in [2.75, 3.05) is 13.7 Å². The summed E-state index contributed by atoms with van der Waals surface area (Å²) in [6.07, 6.45) is 9.02. The number of hydrogen-bond acceptors (Lipinski definition) is 4. The molecule has 140 valence electrons. The molecule has 0 saturated heterocycles. The summed E-state index contributed by atoms with van der Waals surface area (Å²) in [5.41, 5.74) is 6.25. The number of methoxy groups -OCH3 is 1. The van der Waals surface area contributed by atoms with Gasteiger partial charge in [-0.3, -0.25) is 4.79 Å². The van der Waals surface area contributed by atoms with Crippen LogP contribution in [0.15, 0.2) is 18.2 Å². The SMILES string of the molecule is COc1cc(C(=O)NC2(CN)CCCC2)ccc1OC1CCCC1.Cl. The summed E-state index contributed by atoms with van der Waals surface area (Å²) in [5.74, 6) is 1.24. The molecule has 3 N–H and O–H groups in total. The first-order valence-corrected chi connectivity index (χ1v) is 9.03. The summed E-state index contributed by atoms with van der Waals surface area (Å²) in [6.45, 7) is 0.485. The van der Waals surface area contributed by atoms with Gasteiger partial charge in [0.1, 0.15) is 0 Å². The van der Waals surface area contributed by atoms with Gasteiger partial charge in [0.2, 0.25) is 0 Å². The molecular formula is C19H29ClN2O3. The van der Waals surface area contributed by atoms with Crippen LogP contribution < -0.4 is 20.5 Å². The molecule has 0 unspecified atom stereocenters. The summed E-state index contributed by atoms with van der Waals surface area (Å²) in [4.78, 5) is 12.6. The standard InChI is InChI=1S/C19H28N2O3.ClH/c1-23-17-12-14(8-9-16(17)24-15-6-2-3-7-15)18(22)21-19(13-20)10-4-5-11-19;/h8-9,12,15H,2-7,10-11,13,20H2,1H3,(H,21,22);1H. The zero-order chi connectivity index (χ0) is 17.0. The first-order chi connectivity index (χ1) is 11.7. The molecule has 0 bridgehead atoms. The van der Waals surface area contributed by atoms with E-state index >= 15 is 0 Å². The van der Waals surface area contributed by atoms with Crippen molar-refractivity contribution in [1.82, 2.24) is 5.32 Å². The predicted molar refractivity (Wildman–Crippen MR) is 101 cm³/mol. The van der Waals surface area contributed by atoms with Crippen molar-refractivity contribution in [3.05, 3.63) is 23.8 Å². The Morgan fingerprint density at radius 2 is 1.88 bits per heavy atom. The number of amides is 1. The number of hydrogen-bond donors (Lipinski definition) is 2. The molecule has 25 heavy (non-hydrogen) atoms. The van der Waals surface area contributed by atoms with Crippen molar-refractivity contribution >= 4 is 18.3 Å². The summed E-state index contributed by atoms with van der Waals surface area (Å²) < 4.78 is 11.5. The summed E-state index contributed by atoms with van der Waals surface area (Å²) in [6, 6.07) is 5.41. The predicted octanol–water partition coefficient (Wildman–Crippen LogP) is 3.44. The van der Waals surface area contributed by atoms with E-state index in [4.69, 9.17) is 15.2 Å². The van der Waals surface area contributed by atoms with Gasteiger partial charge in [0, 0.05) is 12.1 Å². The van der Waals surface area contributed by atoms with E-state index in [2.05, 4.69) is 5.32 Å². The van der Waals surface area contributed by atoms with Crippen LogP contribution in [0.2, 0.25) is 0 Å². The molecule has 0 aliphatic heterocycles. The lowest BCUT2D eigenvalue weighted by Gasteiger charge is -2.28. The average Bonchev–Trinajstić information content (AvgIpc) is 3.27. The second-order valence-corrected chi connectivity index (χ2v) is 7.04. The number of rotatable bonds is 6. The van der Waals surface area contributed by atoms with Crippen LogP contribution in [0.3, 0.4) is 0 Å². The Kier molecular flexibility index (Phi) is 6.96. The lowest BCUT2D eigenvalue weighted by atomic mass is 9.97. The molecule has 2 fully saturated rings. The normalized spacial score (nSPS) is 19.3. The quantitative estimate of drug-likeness (QED) is 0.806. The highest BCUT2D eigenvalue weighted by molar-refractivity contribution is 5.95. The minimum absolute atomic E-state index is 0. The number of ether oxygens (including phenoxy) is 2. The van der Waals surface area contributed by atoms with Gasteiger partial charge in [-0.25, -0.2) is 0 Å². The Hall–Kier alpha value is -1.46. The van der Waals surface area contributed by atoms with Crippen LogP contribution in [-0.2, 0) is 0 Å². The Balaban J connectivity index is 0.00000225. The van der Waals surface area contributed by atoms with Gasteiger partial charge in [0.25, 0.3) is 5.91 Å². The fraction of sp³-hybridized carbons (Fsp3) is 0.632. The van der Waals surface area contributed by atoms with E-state index in [1.807, 2.05) is 6.07 Å². The Labute approximate surface area is 156 Å². The molecule has 1 amide bonds. The fourth-order valence-corrected chi connectivity index (χ4v) is 3.84. The van der Waals surface area contributed by atoms with E-state index in [0.29, 0.717) is 17.9 Å². The molecule has 1 aromatic carbocycles. The monoisotopic (exact) mass is 368 g/mol. The van der Waals surface area contributed by atoms with Crippen LogP contribution in [-0.4, -0.2) is 31.2 Å². The van der Waals surface area contributed by atoms with Gasteiger partial charge < -0.3 is 20.5 Å². The lowest BCUT2D eigenvalue weighted by molar-refractivity contribution is 0.0902. The third-order valence-corrected chi connectivity index (χ3v) is 5.35. The second-order valence-electron chi connectivity index (χ2n) is 7.04. The minimum Gasteiger partial charge on any atom is -0.493 e. The van der Waals surface area contributed by atoms with Gasteiger partial charge in [-0.15, -0.1) is 12.4 Å². The number of benzene rings is 1. The molecule has 2 aliphatic rings. The van der Waals surface area contributed by atoms with Crippen LogP contribution >= 0.6 is 12.4 Å². The van der Waals surface area contributed by atoms with Crippen LogP contribution in [0.5, 0.6) is 11.5 Å². The third-order valence-electron chi connectivity index (χ3n) is 5.35. The van der Waals surface area contributed by atoms with E-state index in [-0.39, 0.29) is 30.0 Å². The highest BCUT2D eigenvalue weighted by atomic mass is 35.5. The van der Waals surface area contributed by atoms with Gasteiger partial charge in [0.15, 0.2) is 11.5 Å². The van der Waals surface area contributed by atoms with E-state index in [1.165, 1.54) is 12.8 Å². The van der Waals surface area contributed by atoms with Gasteiger partial charge in [0.05, 0.1) is 18.8 Å². The number of carbonyl (C=O) groups is 1. The molecule has 5 nitrogen and oxygen atoms in total. The highest BCUT2D eigenvalue weighted by Crippen LogP contribution is 2.33. The molecule has 2 saturated carbocycles. The van der Waals surface area contributed by atoms with Crippen molar-refractivity contribution in [2.24, 2.45) is 5.73 Å². The fourth-order valence-electron chi connectivity index (χ4n) is 3.84. The first-order valence-electron chi connectivity index (χ1n) is 9.03. The van der Waals surface area contributed by atoms with Crippen molar-refractivity contribution in [1.29, 1.82) is 0 Å². The zero-order valence-electron chi connectivity index (χ0n) is 14.9. The van der Waals surface area contributed by atoms with E-state index in [0.717, 1.165) is 44.3 Å². The molecule has 0 radical (unpaired) electrons. The first kappa shape index (κ1) is 19.9. The third kappa shape index (κ3) is 4.59. The maximum atomic E-state index is 12.6. The van der Waals surface area contributed by atoms with E-state index in [9.17, 15) is 4.79 Å². The molecule has 2 aliphatic carbocycles. The Bertz CT molecular complexity index is 582. The molecule has 0 spiro atoms. The number of nitrogens with one attached hydrogen (secondary N) is 1. The highest BCUT2D eigenvalue weighted by Gasteiger charge is 2.34. The van der Waals surface area contributed by atoms with E-state index in [1.54, 1.807) is 19.2 Å². The van der Waals surface area contributed by atoms with Crippen LogP contribution in [0.1, 0.15) is 61.7 Å². The Morgan fingerprint density at radius 3 is 2.48 bits per heavy atom. The van der Waals surface area contributed by atoms with E-state index < -0.39 is 0 Å². The minimum atomic E-state index is -0.247. The Morgan fingerprint density at radius 1 is 1.20 bits per heavy atom. The number of halogens is 1. The van der Waals surface area contributed by atoms with Crippen LogP contribution in [0, 0.1) is 0 Å². The van der Waals surface area contributed by atoms with Crippen LogP contribution in [0.25, 0.3) is 0 Å².